The van der Waals surface area contributed by atoms with Crippen molar-refractivity contribution in [3.63, 3.8) is 0 Å². The average molecular weight is 1100 g/mol. The molecule has 0 aliphatic heterocycles. The maximum atomic E-state index is 5.42. The Bertz CT molecular complexity index is 4950. The van der Waals surface area contributed by atoms with E-state index in [4.69, 9.17) is 19.9 Å². The van der Waals surface area contributed by atoms with Crippen LogP contribution in [0.15, 0.2) is 268 Å². The third kappa shape index (κ3) is 8.06. The van der Waals surface area contributed by atoms with E-state index in [0.29, 0.717) is 11.6 Å². The molecule has 10 aromatic carbocycles. The van der Waals surface area contributed by atoms with Gasteiger partial charge in [-0.2, -0.15) is 0 Å². The van der Waals surface area contributed by atoms with Crippen LogP contribution in [0.25, 0.3) is 157 Å². The zero-order valence-electron chi connectivity index (χ0n) is 47.4. The van der Waals surface area contributed by atoms with Crippen molar-refractivity contribution >= 4 is 77.6 Å². The van der Waals surface area contributed by atoms with E-state index in [1.807, 2.05) is 12.2 Å². The number of fused-ring (bicyclic) bond motifs is 8. The number of hydrogen-bond acceptors (Lipinski definition) is 4. The summed E-state index contributed by atoms with van der Waals surface area (Å²) in [4.78, 5) is 21.7. The molecule has 0 saturated carbocycles. The summed E-state index contributed by atoms with van der Waals surface area (Å²) in [6.45, 7) is 12.8. The van der Waals surface area contributed by atoms with Gasteiger partial charge in [0.25, 0.3) is 0 Å². The maximum Gasteiger partial charge on any atom is 0.198 e. The summed E-state index contributed by atoms with van der Waals surface area (Å²) in [5, 5.41) is 7.26. The molecule has 0 bridgehead atoms. The molecule has 16 rings (SSSR count). The van der Waals surface area contributed by atoms with Crippen LogP contribution < -0.4 is 0 Å². The summed E-state index contributed by atoms with van der Waals surface area (Å²) in [5.74, 6) is 0.807. The van der Waals surface area contributed by atoms with Gasteiger partial charge in [-0.15, -0.1) is 0 Å². The minimum Gasteiger partial charge on any atom is -0.310 e. The van der Waals surface area contributed by atoms with Gasteiger partial charge >= 0.3 is 0 Å². The van der Waals surface area contributed by atoms with Crippen molar-refractivity contribution in [3.05, 3.63) is 290 Å². The first-order valence-corrected chi connectivity index (χ1v) is 29.0. The SMILES string of the molecule is C=Cc1c(C)c2ccccc2n1-c1ccc(-c2cc(-c3ccc(-n4c(C=C)c(C)c5ccccc54)cc3)nc(-c3nc(-c4ccc(-n5c6ccccc6c6ccccc65)cc4)cc(-c4ccc(-n5c6ccccc6c6ccccc65)cc4)n3)n2)cc1. The summed E-state index contributed by atoms with van der Waals surface area (Å²) in [5.41, 5.74) is 22.2. The molecule has 406 valence electrons. The third-order valence-electron chi connectivity index (χ3n) is 17.2. The summed E-state index contributed by atoms with van der Waals surface area (Å²) >= 11 is 0. The molecule has 16 aromatic rings. The molecule has 0 atom stereocenters. The van der Waals surface area contributed by atoms with Crippen molar-refractivity contribution in [2.24, 2.45) is 0 Å². The average Bonchev–Trinajstić information content (AvgIpc) is 4.47. The first-order valence-electron chi connectivity index (χ1n) is 29.0. The van der Waals surface area contributed by atoms with Gasteiger partial charge in [-0.3, -0.25) is 0 Å². The quantitative estimate of drug-likeness (QED) is 0.129. The maximum absolute atomic E-state index is 5.42. The molecule has 6 aromatic heterocycles. The summed E-state index contributed by atoms with van der Waals surface area (Å²) < 4.78 is 9.23. The van der Waals surface area contributed by atoms with Gasteiger partial charge in [0.15, 0.2) is 11.6 Å². The van der Waals surface area contributed by atoms with Gasteiger partial charge in [0.2, 0.25) is 0 Å². The summed E-state index contributed by atoms with van der Waals surface area (Å²) in [6, 6.07) is 90.2. The van der Waals surface area contributed by atoms with Crippen LogP contribution in [0.2, 0.25) is 0 Å². The topological polar surface area (TPSA) is 71.3 Å². The highest BCUT2D eigenvalue weighted by molar-refractivity contribution is 6.10. The van der Waals surface area contributed by atoms with Crippen molar-refractivity contribution in [1.29, 1.82) is 0 Å². The third-order valence-corrected chi connectivity index (χ3v) is 17.2. The fourth-order valence-electron chi connectivity index (χ4n) is 13.1. The Morgan fingerprint density at radius 3 is 0.744 bits per heavy atom. The number of rotatable bonds is 11. The van der Waals surface area contributed by atoms with E-state index in [9.17, 15) is 0 Å². The predicted molar refractivity (Wildman–Crippen MR) is 357 cm³/mol. The Labute approximate surface area is 496 Å². The van der Waals surface area contributed by atoms with Crippen LogP contribution >= 0.6 is 0 Å². The molecule has 0 aliphatic rings. The highest BCUT2D eigenvalue weighted by Gasteiger charge is 2.21. The minimum absolute atomic E-state index is 0.402. The van der Waals surface area contributed by atoms with Crippen molar-refractivity contribution in [3.8, 4) is 79.4 Å². The smallest absolute Gasteiger partial charge is 0.198 e. The Kier molecular flexibility index (Phi) is 11.8. The second kappa shape index (κ2) is 20.2. The molecule has 0 fully saturated rings. The van der Waals surface area contributed by atoms with Crippen molar-refractivity contribution in [1.82, 2.24) is 38.2 Å². The molecule has 8 heteroatoms. The molecular formula is C78H54N8. The van der Waals surface area contributed by atoms with Gasteiger partial charge in [-0.05, 0) is 134 Å². The van der Waals surface area contributed by atoms with Crippen molar-refractivity contribution < 1.29 is 0 Å². The van der Waals surface area contributed by atoms with E-state index in [2.05, 4.69) is 300 Å². The molecule has 0 aliphatic carbocycles. The van der Waals surface area contributed by atoms with Gasteiger partial charge in [-0.1, -0.05) is 171 Å². The lowest BCUT2D eigenvalue weighted by molar-refractivity contribution is 1.08. The zero-order valence-corrected chi connectivity index (χ0v) is 47.4. The van der Waals surface area contributed by atoms with Crippen LogP contribution in [-0.2, 0) is 0 Å². The number of nitrogens with zero attached hydrogens (tertiary/aromatic N) is 8. The highest BCUT2D eigenvalue weighted by atomic mass is 15.0. The Hall–Kier alpha value is -11.5. The number of hydrogen-bond donors (Lipinski definition) is 0. The fraction of sp³-hybridized carbons (Fsp3) is 0.0256. The second-order valence-electron chi connectivity index (χ2n) is 22.0. The predicted octanol–water partition coefficient (Wildman–Crippen LogP) is 19.6. The molecule has 0 amide bonds. The van der Waals surface area contributed by atoms with Crippen molar-refractivity contribution in [2.45, 2.75) is 13.8 Å². The van der Waals surface area contributed by atoms with Crippen molar-refractivity contribution in [2.75, 3.05) is 0 Å². The molecule has 8 nitrogen and oxygen atoms in total. The van der Waals surface area contributed by atoms with Gasteiger partial charge in [0.1, 0.15) is 0 Å². The standard InChI is InChI=1S/C78H54N8/c1-5-69-49(3)59-19-7-13-25-71(59)83(69)55-39-31-51(32-40-55)65-47-66(52-33-41-56(42-34-52)84-70(6-2)50(4)60-20-8-14-26-72(60)84)80-77(79-65)78-81-67(53-35-43-57(44-36-53)85-73-27-15-9-21-61(73)62-22-10-16-28-74(62)85)48-68(82-78)54-37-45-58(46-38-54)86-75-29-17-11-23-63(75)64-24-12-18-30-76(64)86/h5-48H,1-2H2,3-4H3. The van der Waals surface area contributed by atoms with Crippen LogP contribution in [0.1, 0.15) is 22.5 Å². The molecular weight excluding hydrogens is 1050 g/mol. The van der Waals surface area contributed by atoms with Crippen LogP contribution in [0.3, 0.4) is 0 Å². The molecule has 86 heavy (non-hydrogen) atoms. The number of para-hydroxylation sites is 6. The fourth-order valence-corrected chi connectivity index (χ4v) is 13.1. The lowest BCUT2D eigenvalue weighted by atomic mass is 10.1. The molecule has 0 N–H and O–H groups in total. The lowest BCUT2D eigenvalue weighted by Gasteiger charge is -2.14. The molecule has 0 unspecified atom stereocenters. The first kappa shape index (κ1) is 50.3. The summed E-state index contributed by atoms with van der Waals surface area (Å²) in [6.07, 6.45) is 3.89. The van der Waals surface area contributed by atoms with Crippen LogP contribution in [0.5, 0.6) is 0 Å². The molecule has 6 heterocycles. The van der Waals surface area contributed by atoms with Gasteiger partial charge in [0.05, 0.1) is 55.9 Å². The molecule has 0 spiro atoms. The second-order valence-corrected chi connectivity index (χ2v) is 22.0. The summed E-state index contributed by atoms with van der Waals surface area (Å²) in [7, 11) is 0. The minimum atomic E-state index is 0.402. The van der Waals surface area contributed by atoms with Crippen LogP contribution in [0.4, 0.5) is 0 Å². The number of aryl methyl sites for hydroxylation is 2. The van der Waals surface area contributed by atoms with Gasteiger partial charge in [0, 0.05) is 88.7 Å². The molecule has 0 saturated heterocycles. The van der Waals surface area contributed by atoms with Crippen LogP contribution in [0, 0.1) is 13.8 Å². The first-order chi connectivity index (χ1) is 42.4. The largest absolute Gasteiger partial charge is 0.310 e. The number of benzene rings is 10. The van der Waals surface area contributed by atoms with E-state index in [1.165, 1.54) is 43.4 Å². The van der Waals surface area contributed by atoms with E-state index >= 15 is 0 Å². The lowest BCUT2D eigenvalue weighted by Crippen LogP contribution is -2.03. The van der Waals surface area contributed by atoms with E-state index < -0.39 is 0 Å². The van der Waals surface area contributed by atoms with Gasteiger partial charge < -0.3 is 18.3 Å². The van der Waals surface area contributed by atoms with Gasteiger partial charge in [-0.25, -0.2) is 19.9 Å². The van der Waals surface area contributed by atoms with E-state index in [1.54, 1.807) is 0 Å². The normalized spacial score (nSPS) is 11.7. The zero-order chi connectivity index (χ0) is 57.6. The van der Waals surface area contributed by atoms with E-state index in [-0.39, 0.29) is 0 Å². The monoisotopic (exact) mass is 1100 g/mol. The highest BCUT2D eigenvalue weighted by Crippen LogP contribution is 2.38. The Morgan fingerprint density at radius 1 is 0.267 bits per heavy atom. The number of aromatic nitrogens is 8. The Balaban J connectivity index is 0.863. The van der Waals surface area contributed by atoms with Crippen LogP contribution in [-0.4, -0.2) is 38.2 Å². The van der Waals surface area contributed by atoms with E-state index in [0.717, 1.165) is 112 Å². The molecule has 0 radical (unpaired) electrons. The Morgan fingerprint density at radius 2 is 0.488 bits per heavy atom.